The van der Waals surface area contributed by atoms with Crippen molar-refractivity contribution < 1.29 is 13.2 Å². The van der Waals surface area contributed by atoms with Crippen molar-refractivity contribution in [3.8, 4) is 0 Å². The lowest BCUT2D eigenvalue weighted by Crippen LogP contribution is -2.18. The van der Waals surface area contributed by atoms with Crippen molar-refractivity contribution >= 4 is 37.5 Å². The number of amides is 1. The van der Waals surface area contributed by atoms with Crippen molar-refractivity contribution in [3.63, 3.8) is 0 Å². The Hall–Kier alpha value is -0.950. The van der Waals surface area contributed by atoms with E-state index in [9.17, 15) is 13.2 Å². The van der Waals surface area contributed by atoms with Gasteiger partial charge in [0.25, 0.3) is 0 Å². The number of pyridine rings is 1. The van der Waals surface area contributed by atoms with Gasteiger partial charge >= 0.3 is 0 Å². The van der Waals surface area contributed by atoms with Gasteiger partial charge in [-0.15, -0.1) is 0 Å². The minimum Gasteiger partial charge on any atom is -0.311 e. The second kappa shape index (κ2) is 5.58. The molecule has 7 heteroatoms. The number of nitrogens with one attached hydrogen (secondary N) is 1. The Balaban J connectivity index is 1.93. The molecule has 104 valence electrons. The first-order chi connectivity index (χ1) is 8.85. The molecule has 0 saturated carbocycles. The first-order valence-corrected chi connectivity index (χ1v) is 8.59. The van der Waals surface area contributed by atoms with Gasteiger partial charge in [0.05, 0.1) is 11.5 Å². The molecule has 0 spiro atoms. The van der Waals surface area contributed by atoms with Crippen LogP contribution in [0.25, 0.3) is 0 Å². The van der Waals surface area contributed by atoms with Crippen LogP contribution < -0.4 is 5.32 Å². The fourth-order valence-electron chi connectivity index (χ4n) is 2.10. The van der Waals surface area contributed by atoms with Crippen LogP contribution in [0.4, 0.5) is 5.82 Å². The molecule has 19 heavy (non-hydrogen) atoms. The smallest absolute Gasteiger partial charge is 0.225 e. The molecule has 1 aromatic rings. The standard InChI is InChI=1S/C12H15BrN2O3S/c1-8-4-11(14-6-10(8)13)15-12(16)5-9-2-3-19(17,18)7-9/h4,6,9H,2-3,5,7H2,1H3,(H,14,15,16)/t9-/m0/s1. The maximum atomic E-state index is 11.8. The number of aromatic nitrogens is 1. The van der Waals surface area contributed by atoms with Crippen molar-refractivity contribution in [1.29, 1.82) is 0 Å². The fraction of sp³-hybridized carbons (Fsp3) is 0.500. The molecule has 0 aromatic carbocycles. The Morgan fingerprint density at radius 1 is 1.58 bits per heavy atom. The van der Waals surface area contributed by atoms with Crippen LogP contribution in [0, 0.1) is 12.8 Å². The number of sulfone groups is 1. The van der Waals surface area contributed by atoms with E-state index in [4.69, 9.17) is 0 Å². The summed E-state index contributed by atoms with van der Waals surface area (Å²) in [7, 11) is -2.93. The van der Waals surface area contributed by atoms with E-state index in [-0.39, 0.29) is 29.8 Å². The van der Waals surface area contributed by atoms with Crippen LogP contribution in [0.3, 0.4) is 0 Å². The number of hydrogen-bond donors (Lipinski definition) is 1. The van der Waals surface area contributed by atoms with E-state index in [0.717, 1.165) is 10.0 Å². The summed E-state index contributed by atoms with van der Waals surface area (Å²) in [4.78, 5) is 15.9. The van der Waals surface area contributed by atoms with Crippen LogP contribution in [0.2, 0.25) is 0 Å². The van der Waals surface area contributed by atoms with Gasteiger partial charge in [0.1, 0.15) is 5.82 Å². The van der Waals surface area contributed by atoms with Gasteiger partial charge < -0.3 is 5.32 Å². The predicted octanol–water partition coefficient (Wildman–Crippen LogP) is 1.92. The topological polar surface area (TPSA) is 76.1 Å². The summed E-state index contributed by atoms with van der Waals surface area (Å²) in [6.07, 6.45) is 2.43. The van der Waals surface area contributed by atoms with E-state index in [1.54, 1.807) is 12.3 Å². The highest BCUT2D eigenvalue weighted by Crippen LogP contribution is 2.22. The van der Waals surface area contributed by atoms with Crippen molar-refractivity contribution in [1.82, 2.24) is 4.98 Å². The SMILES string of the molecule is Cc1cc(NC(=O)C[C@@H]2CCS(=O)(=O)C2)ncc1Br. The maximum absolute atomic E-state index is 11.8. The van der Waals surface area contributed by atoms with E-state index in [1.165, 1.54) is 0 Å². The van der Waals surface area contributed by atoms with E-state index in [1.807, 2.05) is 6.92 Å². The Morgan fingerprint density at radius 2 is 2.32 bits per heavy atom. The summed E-state index contributed by atoms with van der Waals surface area (Å²) in [5.41, 5.74) is 0.980. The van der Waals surface area contributed by atoms with Crippen LogP contribution in [0.15, 0.2) is 16.7 Å². The Morgan fingerprint density at radius 3 is 2.89 bits per heavy atom. The average Bonchev–Trinajstić information content (AvgIpc) is 2.63. The van der Waals surface area contributed by atoms with Crippen LogP contribution in [-0.4, -0.2) is 30.8 Å². The summed E-state index contributed by atoms with van der Waals surface area (Å²) in [5.74, 6) is 0.554. The zero-order valence-electron chi connectivity index (χ0n) is 10.5. The summed E-state index contributed by atoms with van der Waals surface area (Å²) in [6.45, 7) is 1.91. The summed E-state index contributed by atoms with van der Waals surface area (Å²) >= 11 is 3.34. The number of anilines is 1. The molecule has 1 aliphatic heterocycles. The number of rotatable bonds is 3. The molecular formula is C12H15BrN2O3S. The van der Waals surface area contributed by atoms with Crippen LogP contribution >= 0.6 is 15.9 Å². The second-order valence-electron chi connectivity index (χ2n) is 4.84. The first-order valence-electron chi connectivity index (χ1n) is 5.98. The van der Waals surface area contributed by atoms with Gasteiger partial charge in [0.2, 0.25) is 5.91 Å². The highest BCUT2D eigenvalue weighted by molar-refractivity contribution is 9.10. The molecule has 0 unspecified atom stereocenters. The lowest BCUT2D eigenvalue weighted by atomic mass is 10.1. The van der Waals surface area contributed by atoms with E-state index in [0.29, 0.717) is 12.2 Å². The highest BCUT2D eigenvalue weighted by Gasteiger charge is 2.29. The Labute approximate surface area is 120 Å². The number of carbonyl (C=O) groups excluding carboxylic acids is 1. The van der Waals surface area contributed by atoms with Gasteiger partial charge in [-0.25, -0.2) is 13.4 Å². The molecule has 1 aromatic heterocycles. The zero-order chi connectivity index (χ0) is 14.0. The number of nitrogens with zero attached hydrogens (tertiary/aromatic N) is 1. The van der Waals surface area contributed by atoms with Crippen LogP contribution in [0.1, 0.15) is 18.4 Å². The van der Waals surface area contributed by atoms with Crippen molar-refractivity contribution in [2.24, 2.45) is 5.92 Å². The Bertz CT molecular complexity index is 601. The third-order valence-electron chi connectivity index (χ3n) is 3.12. The molecule has 1 N–H and O–H groups in total. The molecule has 1 atom stereocenters. The van der Waals surface area contributed by atoms with Crippen molar-refractivity contribution in [3.05, 3.63) is 22.3 Å². The lowest BCUT2D eigenvalue weighted by molar-refractivity contribution is -0.116. The molecule has 1 amide bonds. The third-order valence-corrected chi connectivity index (χ3v) is 5.78. The molecule has 0 aliphatic carbocycles. The second-order valence-corrected chi connectivity index (χ2v) is 7.92. The predicted molar refractivity (Wildman–Crippen MR) is 76.7 cm³/mol. The third kappa shape index (κ3) is 4.01. The quantitative estimate of drug-likeness (QED) is 0.906. The highest BCUT2D eigenvalue weighted by atomic mass is 79.9. The molecule has 0 bridgehead atoms. The molecule has 0 radical (unpaired) electrons. The summed E-state index contributed by atoms with van der Waals surface area (Å²) in [6, 6.07) is 1.77. The largest absolute Gasteiger partial charge is 0.311 e. The van der Waals surface area contributed by atoms with E-state index >= 15 is 0 Å². The van der Waals surface area contributed by atoms with Gasteiger partial charge in [-0.2, -0.15) is 0 Å². The summed E-state index contributed by atoms with van der Waals surface area (Å²) < 4.78 is 23.5. The molecule has 5 nitrogen and oxygen atoms in total. The summed E-state index contributed by atoms with van der Waals surface area (Å²) in [5, 5.41) is 2.70. The number of carbonyl (C=O) groups is 1. The molecule has 1 fully saturated rings. The first kappa shape index (κ1) is 14.5. The van der Waals surface area contributed by atoms with Crippen molar-refractivity contribution in [2.75, 3.05) is 16.8 Å². The number of halogens is 1. The van der Waals surface area contributed by atoms with E-state index in [2.05, 4.69) is 26.2 Å². The lowest BCUT2D eigenvalue weighted by Gasteiger charge is -2.09. The zero-order valence-corrected chi connectivity index (χ0v) is 12.9. The molecular weight excluding hydrogens is 332 g/mol. The monoisotopic (exact) mass is 346 g/mol. The van der Waals surface area contributed by atoms with Gasteiger partial charge in [-0.1, -0.05) is 0 Å². The molecule has 1 aliphatic rings. The maximum Gasteiger partial charge on any atom is 0.225 e. The van der Waals surface area contributed by atoms with Crippen LogP contribution in [-0.2, 0) is 14.6 Å². The van der Waals surface area contributed by atoms with E-state index < -0.39 is 9.84 Å². The molecule has 2 rings (SSSR count). The van der Waals surface area contributed by atoms with Gasteiger partial charge in [-0.3, -0.25) is 4.79 Å². The minimum absolute atomic E-state index is 0.0680. The fourth-order valence-corrected chi connectivity index (χ4v) is 4.18. The van der Waals surface area contributed by atoms with Gasteiger partial charge in [0, 0.05) is 17.1 Å². The minimum atomic E-state index is -2.93. The number of hydrogen-bond acceptors (Lipinski definition) is 4. The van der Waals surface area contributed by atoms with Crippen LogP contribution in [0.5, 0.6) is 0 Å². The van der Waals surface area contributed by atoms with Gasteiger partial charge in [-0.05, 0) is 46.8 Å². The normalized spacial score (nSPS) is 21.3. The molecule has 2 heterocycles. The van der Waals surface area contributed by atoms with Gasteiger partial charge in [0.15, 0.2) is 9.84 Å². The molecule has 1 saturated heterocycles. The average molecular weight is 347 g/mol. The number of aryl methyl sites for hydroxylation is 1. The van der Waals surface area contributed by atoms with Crippen molar-refractivity contribution in [2.45, 2.75) is 19.8 Å². The Kier molecular flexibility index (Phi) is 4.25.